The van der Waals surface area contributed by atoms with Crippen molar-refractivity contribution in [1.29, 1.82) is 0 Å². The Morgan fingerprint density at radius 2 is 1.65 bits per heavy atom. The molecule has 0 saturated heterocycles. The summed E-state index contributed by atoms with van der Waals surface area (Å²) in [5.74, 6) is 0.482. The SMILES string of the molecule is CCCCC(=O)Oc1ccccc1-c1ccccc1C. The molecule has 0 aliphatic rings. The molecule has 0 aliphatic heterocycles. The van der Waals surface area contributed by atoms with E-state index in [0.29, 0.717) is 12.2 Å². The maximum absolute atomic E-state index is 11.8. The third-order valence-corrected chi connectivity index (χ3v) is 3.28. The minimum Gasteiger partial charge on any atom is -0.426 e. The largest absolute Gasteiger partial charge is 0.426 e. The Bertz CT molecular complexity index is 587. The second-order valence-corrected chi connectivity index (χ2v) is 4.89. The summed E-state index contributed by atoms with van der Waals surface area (Å²) in [5.41, 5.74) is 3.24. The van der Waals surface area contributed by atoms with Crippen LogP contribution < -0.4 is 4.74 Å². The van der Waals surface area contributed by atoms with E-state index in [1.165, 1.54) is 5.56 Å². The highest BCUT2D eigenvalue weighted by Gasteiger charge is 2.11. The van der Waals surface area contributed by atoms with Crippen LogP contribution in [0, 0.1) is 6.92 Å². The molecule has 0 fully saturated rings. The zero-order valence-corrected chi connectivity index (χ0v) is 12.1. The molecule has 0 aromatic heterocycles. The lowest BCUT2D eigenvalue weighted by molar-refractivity contribution is -0.134. The summed E-state index contributed by atoms with van der Waals surface area (Å²) in [4.78, 5) is 11.8. The number of hydrogen-bond acceptors (Lipinski definition) is 2. The predicted molar refractivity (Wildman–Crippen MR) is 81.8 cm³/mol. The highest BCUT2D eigenvalue weighted by molar-refractivity contribution is 5.79. The number of unbranched alkanes of at least 4 members (excludes halogenated alkanes) is 1. The molecule has 0 N–H and O–H groups in total. The van der Waals surface area contributed by atoms with Crippen molar-refractivity contribution in [2.24, 2.45) is 0 Å². The van der Waals surface area contributed by atoms with Gasteiger partial charge in [-0.3, -0.25) is 4.79 Å². The van der Waals surface area contributed by atoms with Gasteiger partial charge in [0.15, 0.2) is 0 Å². The van der Waals surface area contributed by atoms with E-state index in [0.717, 1.165) is 24.0 Å². The van der Waals surface area contributed by atoms with Gasteiger partial charge in [-0.15, -0.1) is 0 Å². The summed E-state index contributed by atoms with van der Waals surface area (Å²) in [6.45, 7) is 4.12. The lowest BCUT2D eigenvalue weighted by Gasteiger charge is -2.12. The van der Waals surface area contributed by atoms with Crippen LogP contribution in [-0.4, -0.2) is 5.97 Å². The molecule has 2 aromatic carbocycles. The topological polar surface area (TPSA) is 26.3 Å². The molecule has 2 heteroatoms. The highest BCUT2D eigenvalue weighted by Crippen LogP contribution is 2.32. The van der Waals surface area contributed by atoms with Crippen LogP contribution in [0.3, 0.4) is 0 Å². The predicted octanol–water partition coefficient (Wildman–Crippen LogP) is 4.76. The third-order valence-electron chi connectivity index (χ3n) is 3.28. The van der Waals surface area contributed by atoms with Crippen LogP contribution in [0.2, 0.25) is 0 Å². The molecule has 0 atom stereocenters. The van der Waals surface area contributed by atoms with Crippen molar-refractivity contribution in [3.63, 3.8) is 0 Å². The van der Waals surface area contributed by atoms with E-state index in [4.69, 9.17) is 4.74 Å². The second-order valence-electron chi connectivity index (χ2n) is 4.89. The molecule has 20 heavy (non-hydrogen) atoms. The first-order chi connectivity index (χ1) is 9.72. The monoisotopic (exact) mass is 268 g/mol. The molecule has 104 valence electrons. The zero-order chi connectivity index (χ0) is 14.4. The van der Waals surface area contributed by atoms with Gasteiger partial charge in [0.1, 0.15) is 5.75 Å². The zero-order valence-electron chi connectivity index (χ0n) is 12.1. The lowest BCUT2D eigenvalue weighted by atomic mass is 10.00. The van der Waals surface area contributed by atoms with E-state index >= 15 is 0 Å². The van der Waals surface area contributed by atoms with E-state index < -0.39 is 0 Å². The van der Waals surface area contributed by atoms with Crippen molar-refractivity contribution in [3.8, 4) is 16.9 Å². The average Bonchev–Trinajstić information content (AvgIpc) is 2.46. The van der Waals surface area contributed by atoms with Crippen molar-refractivity contribution >= 4 is 5.97 Å². The van der Waals surface area contributed by atoms with E-state index in [9.17, 15) is 4.79 Å². The van der Waals surface area contributed by atoms with Gasteiger partial charge in [0.05, 0.1) is 0 Å². The summed E-state index contributed by atoms with van der Waals surface area (Å²) in [5, 5.41) is 0. The smallest absolute Gasteiger partial charge is 0.311 e. The molecule has 0 bridgehead atoms. The molecule has 0 unspecified atom stereocenters. The Kier molecular flexibility index (Phi) is 4.94. The standard InChI is InChI=1S/C18H20O2/c1-3-4-13-18(19)20-17-12-8-7-11-16(17)15-10-6-5-9-14(15)2/h5-12H,3-4,13H2,1-2H3. The fourth-order valence-corrected chi connectivity index (χ4v) is 2.15. The molecule has 0 radical (unpaired) electrons. The van der Waals surface area contributed by atoms with Gasteiger partial charge < -0.3 is 4.74 Å². The van der Waals surface area contributed by atoms with Gasteiger partial charge in [-0.2, -0.15) is 0 Å². The number of esters is 1. The number of rotatable bonds is 5. The number of para-hydroxylation sites is 1. The van der Waals surface area contributed by atoms with Crippen LogP contribution in [0.1, 0.15) is 31.7 Å². The van der Waals surface area contributed by atoms with E-state index in [1.54, 1.807) is 0 Å². The molecular formula is C18H20O2. The van der Waals surface area contributed by atoms with Crippen LogP contribution >= 0.6 is 0 Å². The summed E-state index contributed by atoms with van der Waals surface area (Å²) in [6, 6.07) is 15.8. The fraction of sp³-hybridized carbons (Fsp3) is 0.278. The lowest BCUT2D eigenvalue weighted by Crippen LogP contribution is -2.08. The van der Waals surface area contributed by atoms with E-state index in [-0.39, 0.29) is 5.97 Å². The molecule has 0 aliphatic carbocycles. The van der Waals surface area contributed by atoms with Crippen LogP contribution in [-0.2, 0) is 4.79 Å². The molecule has 0 spiro atoms. The Hall–Kier alpha value is -2.09. The molecule has 2 aromatic rings. The first kappa shape index (κ1) is 14.3. The third kappa shape index (κ3) is 3.47. The van der Waals surface area contributed by atoms with Gasteiger partial charge in [-0.05, 0) is 30.5 Å². The van der Waals surface area contributed by atoms with Gasteiger partial charge in [0, 0.05) is 12.0 Å². The number of ether oxygens (including phenoxy) is 1. The van der Waals surface area contributed by atoms with Crippen molar-refractivity contribution in [2.75, 3.05) is 0 Å². The minimum absolute atomic E-state index is 0.159. The van der Waals surface area contributed by atoms with Crippen molar-refractivity contribution < 1.29 is 9.53 Å². The summed E-state index contributed by atoms with van der Waals surface area (Å²) in [6.07, 6.45) is 2.33. The summed E-state index contributed by atoms with van der Waals surface area (Å²) >= 11 is 0. The van der Waals surface area contributed by atoms with Gasteiger partial charge in [-0.1, -0.05) is 55.8 Å². The van der Waals surface area contributed by atoms with Crippen LogP contribution in [0.25, 0.3) is 11.1 Å². The first-order valence-electron chi connectivity index (χ1n) is 7.08. The number of benzene rings is 2. The van der Waals surface area contributed by atoms with Gasteiger partial charge in [0.25, 0.3) is 0 Å². The van der Waals surface area contributed by atoms with Crippen molar-refractivity contribution in [3.05, 3.63) is 54.1 Å². The normalized spacial score (nSPS) is 10.3. The molecule has 0 saturated carbocycles. The van der Waals surface area contributed by atoms with Crippen LogP contribution in [0.4, 0.5) is 0 Å². The Morgan fingerprint density at radius 3 is 2.35 bits per heavy atom. The van der Waals surface area contributed by atoms with Gasteiger partial charge in [-0.25, -0.2) is 0 Å². The van der Waals surface area contributed by atoms with Crippen LogP contribution in [0.15, 0.2) is 48.5 Å². The maximum atomic E-state index is 11.8. The average molecular weight is 268 g/mol. The minimum atomic E-state index is -0.159. The Morgan fingerprint density at radius 1 is 1.00 bits per heavy atom. The quantitative estimate of drug-likeness (QED) is 0.577. The number of aryl methyl sites for hydroxylation is 1. The second kappa shape index (κ2) is 6.90. The maximum Gasteiger partial charge on any atom is 0.311 e. The number of carbonyl (C=O) groups excluding carboxylic acids is 1. The molecule has 0 heterocycles. The molecular weight excluding hydrogens is 248 g/mol. The fourth-order valence-electron chi connectivity index (χ4n) is 2.15. The Balaban J connectivity index is 2.27. The van der Waals surface area contributed by atoms with Crippen LogP contribution in [0.5, 0.6) is 5.75 Å². The van der Waals surface area contributed by atoms with E-state index in [2.05, 4.69) is 19.9 Å². The molecule has 0 amide bonds. The first-order valence-corrected chi connectivity index (χ1v) is 7.08. The van der Waals surface area contributed by atoms with E-state index in [1.807, 2.05) is 42.5 Å². The summed E-state index contributed by atoms with van der Waals surface area (Å²) in [7, 11) is 0. The van der Waals surface area contributed by atoms with Crippen molar-refractivity contribution in [2.45, 2.75) is 33.1 Å². The Labute approximate surface area is 120 Å². The molecule has 2 nitrogen and oxygen atoms in total. The summed E-state index contributed by atoms with van der Waals surface area (Å²) < 4.78 is 5.52. The van der Waals surface area contributed by atoms with Gasteiger partial charge in [0.2, 0.25) is 0 Å². The highest BCUT2D eigenvalue weighted by atomic mass is 16.5. The number of carbonyl (C=O) groups is 1. The van der Waals surface area contributed by atoms with Crippen molar-refractivity contribution in [1.82, 2.24) is 0 Å². The molecule has 2 rings (SSSR count). The van der Waals surface area contributed by atoms with Gasteiger partial charge >= 0.3 is 5.97 Å². The number of hydrogen-bond donors (Lipinski definition) is 0.